The summed E-state index contributed by atoms with van der Waals surface area (Å²) >= 11 is 6.08. The van der Waals surface area contributed by atoms with E-state index in [9.17, 15) is 9.18 Å². The third-order valence-electron chi connectivity index (χ3n) is 5.55. The molecule has 30 heavy (non-hydrogen) atoms. The maximum atomic E-state index is 14.0. The van der Waals surface area contributed by atoms with Gasteiger partial charge in [0.25, 0.3) is 0 Å². The van der Waals surface area contributed by atoms with Crippen molar-refractivity contribution in [2.24, 2.45) is 0 Å². The lowest BCUT2D eigenvalue weighted by Gasteiger charge is -2.35. The Labute approximate surface area is 180 Å². The van der Waals surface area contributed by atoms with Gasteiger partial charge < -0.3 is 14.4 Å². The molecule has 0 spiro atoms. The largest absolute Gasteiger partial charge is 0.454 e. The molecule has 0 aliphatic carbocycles. The molecule has 2 heterocycles. The third-order valence-corrected chi connectivity index (χ3v) is 5.90. The van der Waals surface area contributed by atoms with Gasteiger partial charge in [0.05, 0.1) is 6.54 Å². The molecular weight excluding hydrogens is 409 g/mol. The van der Waals surface area contributed by atoms with Gasteiger partial charge in [0, 0.05) is 56.9 Å². The van der Waals surface area contributed by atoms with E-state index in [2.05, 4.69) is 15.9 Å². The highest BCUT2D eigenvalue weighted by Crippen LogP contribution is 2.32. The Hall–Kier alpha value is -2.35. The minimum atomic E-state index is -0.390. The van der Waals surface area contributed by atoms with Crippen molar-refractivity contribution in [1.82, 2.24) is 14.7 Å². The smallest absolute Gasteiger partial charge is 0.236 e. The second-order valence-corrected chi connectivity index (χ2v) is 8.10. The van der Waals surface area contributed by atoms with E-state index in [4.69, 9.17) is 21.1 Å². The van der Waals surface area contributed by atoms with Gasteiger partial charge in [0.15, 0.2) is 11.5 Å². The fourth-order valence-electron chi connectivity index (χ4n) is 3.72. The molecule has 2 aliphatic heterocycles. The first kappa shape index (κ1) is 20.9. The highest BCUT2D eigenvalue weighted by atomic mass is 35.5. The Bertz CT molecular complexity index is 898. The van der Waals surface area contributed by atoms with Crippen molar-refractivity contribution in [3.63, 3.8) is 0 Å². The molecule has 160 valence electrons. The van der Waals surface area contributed by atoms with Crippen molar-refractivity contribution in [3.8, 4) is 11.5 Å². The Kier molecular flexibility index (Phi) is 6.41. The maximum absolute atomic E-state index is 14.0. The van der Waals surface area contributed by atoms with E-state index in [1.54, 1.807) is 19.2 Å². The average Bonchev–Trinajstić information content (AvgIpc) is 3.20. The zero-order valence-electron chi connectivity index (χ0n) is 16.9. The van der Waals surface area contributed by atoms with E-state index in [0.29, 0.717) is 17.1 Å². The van der Waals surface area contributed by atoms with Gasteiger partial charge in [0.1, 0.15) is 5.82 Å². The number of carbonyl (C=O) groups is 1. The minimum absolute atomic E-state index is 0.0430. The number of nitrogens with zero attached hydrogens (tertiary/aromatic N) is 3. The van der Waals surface area contributed by atoms with Gasteiger partial charge in [0.2, 0.25) is 12.7 Å². The normalized spacial score (nSPS) is 16.6. The Morgan fingerprint density at radius 3 is 2.60 bits per heavy atom. The summed E-state index contributed by atoms with van der Waals surface area (Å²) in [5.41, 5.74) is 1.54. The summed E-state index contributed by atoms with van der Waals surface area (Å²) in [5, 5.41) is 0.340. The summed E-state index contributed by atoms with van der Waals surface area (Å²) in [7, 11) is 1.68. The lowest BCUT2D eigenvalue weighted by atomic mass is 10.1. The maximum Gasteiger partial charge on any atom is 0.236 e. The van der Waals surface area contributed by atoms with Crippen LogP contribution in [-0.2, 0) is 17.9 Å². The van der Waals surface area contributed by atoms with Gasteiger partial charge in [-0.25, -0.2) is 4.39 Å². The van der Waals surface area contributed by atoms with Crippen molar-refractivity contribution in [3.05, 3.63) is 58.4 Å². The van der Waals surface area contributed by atoms with Crippen molar-refractivity contribution >= 4 is 17.5 Å². The van der Waals surface area contributed by atoms with Gasteiger partial charge in [-0.1, -0.05) is 23.7 Å². The minimum Gasteiger partial charge on any atom is -0.454 e. The highest BCUT2D eigenvalue weighted by Gasteiger charge is 2.22. The van der Waals surface area contributed by atoms with E-state index < -0.39 is 0 Å². The van der Waals surface area contributed by atoms with Crippen LogP contribution in [-0.4, -0.2) is 67.2 Å². The number of ether oxygens (including phenoxy) is 2. The monoisotopic (exact) mass is 433 g/mol. The molecule has 2 aromatic carbocycles. The van der Waals surface area contributed by atoms with Crippen LogP contribution in [0.3, 0.4) is 0 Å². The predicted molar refractivity (Wildman–Crippen MR) is 112 cm³/mol. The number of piperazine rings is 1. The molecule has 1 fully saturated rings. The van der Waals surface area contributed by atoms with Gasteiger partial charge in [-0.3, -0.25) is 14.6 Å². The van der Waals surface area contributed by atoms with Crippen LogP contribution in [0.2, 0.25) is 5.02 Å². The number of amides is 1. The number of hydrogen-bond acceptors (Lipinski definition) is 5. The van der Waals surface area contributed by atoms with Crippen LogP contribution < -0.4 is 9.47 Å². The molecule has 0 saturated carbocycles. The molecule has 0 atom stereocenters. The van der Waals surface area contributed by atoms with Crippen molar-refractivity contribution in [1.29, 1.82) is 0 Å². The second kappa shape index (κ2) is 9.20. The molecule has 0 radical (unpaired) electrons. The molecule has 1 saturated heterocycles. The number of likely N-dealkylation sites (N-methyl/N-ethyl adjacent to an activating group) is 1. The van der Waals surface area contributed by atoms with Crippen LogP contribution >= 0.6 is 11.6 Å². The molecule has 0 bridgehead atoms. The molecule has 4 rings (SSSR count). The summed E-state index contributed by atoms with van der Waals surface area (Å²) < 4.78 is 24.8. The number of carbonyl (C=O) groups excluding carboxylic acids is 1. The number of benzene rings is 2. The third kappa shape index (κ3) is 4.86. The fraction of sp³-hybridized carbons (Fsp3) is 0.409. The summed E-state index contributed by atoms with van der Waals surface area (Å²) in [6, 6.07) is 10.6. The van der Waals surface area contributed by atoms with Crippen LogP contribution in [0, 0.1) is 5.82 Å². The van der Waals surface area contributed by atoms with E-state index in [0.717, 1.165) is 44.2 Å². The Morgan fingerprint density at radius 2 is 1.83 bits per heavy atom. The molecule has 6 nitrogen and oxygen atoms in total. The highest BCUT2D eigenvalue weighted by molar-refractivity contribution is 6.31. The molecule has 8 heteroatoms. The molecular formula is C22H25ClFN3O3. The van der Waals surface area contributed by atoms with Crippen LogP contribution in [0.25, 0.3) is 0 Å². The molecule has 2 aromatic rings. The second-order valence-electron chi connectivity index (χ2n) is 7.69. The number of rotatable bonds is 6. The lowest BCUT2D eigenvalue weighted by Crippen LogP contribution is -2.49. The van der Waals surface area contributed by atoms with Crippen molar-refractivity contribution in [2.45, 2.75) is 13.1 Å². The van der Waals surface area contributed by atoms with Crippen LogP contribution in [0.1, 0.15) is 11.1 Å². The SMILES string of the molecule is CN(Cc1c(F)cccc1Cl)C(=O)CN1CCN(Cc2ccc3c(c2)OCO3)CC1. The van der Waals surface area contributed by atoms with E-state index in [1.807, 2.05) is 12.1 Å². The Morgan fingerprint density at radius 1 is 1.10 bits per heavy atom. The van der Waals surface area contributed by atoms with Crippen LogP contribution in [0.5, 0.6) is 11.5 Å². The van der Waals surface area contributed by atoms with Gasteiger partial charge in [-0.05, 0) is 29.8 Å². The number of hydrogen-bond donors (Lipinski definition) is 0. The Balaban J connectivity index is 1.24. The van der Waals surface area contributed by atoms with Gasteiger partial charge in [-0.2, -0.15) is 0 Å². The standard InChI is InChI=1S/C22H25ClFN3O3/c1-25(13-17-18(23)3-2-4-19(17)24)22(28)14-27-9-7-26(8-10-27)12-16-5-6-20-21(11-16)30-15-29-20/h2-6,11H,7-10,12-15H2,1H3. The first-order valence-corrected chi connectivity index (χ1v) is 10.4. The molecule has 0 unspecified atom stereocenters. The molecule has 2 aliphatic rings. The van der Waals surface area contributed by atoms with Crippen LogP contribution in [0.4, 0.5) is 4.39 Å². The number of fused-ring (bicyclic) bond motifs is 1. The first-order valence-electron chi connectivity index (χ1n) is 9.99. The quantitative estimate of drug-likeness (QED) is 0.700. The van der Waals surface area contributed by atoms with E-state index in [-0.39, 0.29) is 25.1 Å². The topological polar surface area (TPSA) is 45.3 Å². The van der Waals surface area contributed by atoms with E-state index >= 15 is 0 Å². The number of halogens is 2. The fourth-order valence-corrected chi connectivity index (χ4v) is 3.95. The summed E-state index contributed by atoms with van der Waals surface area (Å²) in [4.78, 5) is 18.6. The predicted octanol–water partition coefficient (Wildman–Crippen LogP) is 2.98. The zero-order valence-corrected chi connectivity index (χ0v) is 17.7. The summed E-state index contributed by atoms with van der Waals surface area (Å²) in [6.45, 7) is 4.98. The molecule has 0 aromatic heterocycles. The summed E-state index contributed by atoms with van der Waals surface area (Å²) in [6.07, 6.45) is 0. The van der Waals surface area contributed by atoms with Gasteiger partial charge in [-0.15, -0.1) is 0 Å². The van der Waals surface area contributed by atoms with Crippen LogP contribution in [0.15, 0.2) is 36.4 Å². The molecule has 0 N–H and O–H groups in total. The average molecular weight is 434 g/mol. The lowest BCUT2D eigenvalue weighted by molar-refractivity contribution is -0.132. The van der Waals surface area contributed by atoms with Gasteiger partial charge >= 0.3 is 0 Å². The van der Waals surface area contributed by atoms with E-state index in [1.165, 1.54) is 16.5 Å². The first-order chi connectivity index (χ1) is 14.5. The zero-order chi connectivity index (χ0) is 21.1. The molecule has 1 amide bonds. The van der Waals surface area contributed by atoms with Crippen molar-refractivity contribution in [2.75, 3.05) is 46.6 Å². The summed E-state index contributed by atoms with van der Waals surface area (Å²) in [5.74, 6) is 1.16. The van der Waals surface area contributed by atoms with Crippen molar-refractivity contribution < 1.29 is 18.7 Å².